The number of carbonyl (C=O) groups excluding carboxylic acids is 3. The second-order valence-electron chi connectivity index (χ2n) is 9.02. The third-order valence-electron chi connectivity index (χ3n) is 6.57. The molecule has 31 heavy (non-hydrogen) atoms. The molecular formula is C24H39GaO6. The van der Waals surface area contributed by atoms with Gasteiger partial charge >= 0.3 is 19.8 Å². The fourth-order valence-electron chi connectivity index (χ4n) is 4.55. The van der Waals surface area contributed by atoms with Gasteiger partial charge in [0.2, 0.25) is 0 Å². The molecule has 0 N–H and O–H groups in total. The van der Waals surface area contributed by atoms with Crippen LogP contribution in [0.15, 0.2) is 0 Å². The van der Waals surface area contributed by atoms with Crippen molar-refractivity contribution in [1.29, 1.82) is 0 Å². The summed E-state index contributed by atoms with van der Waals surface area (Å²) in [6.07, 6.45) is 18.6. The van der Waals surface area contributed by atoms with E-state index in [1.807, 2.05) is 0 Å². The van der Waals surface area contributed by atoms with Crippen LogP contribution in [-0.4, -0.2) is 37.7 Å². The molecule has 0 atom stereocenters. The number of aliphatic carboxylic acids is 3. The average Bonchev–Trinajstić information content (AvgIpc) is 3.25. The second kappa shape index (κ2) is 18.6. The van der Waals surface area contributed by atoms with Gasteiger partial charge in [0, 0.05) is 17.9 Å². The predicted octanol–water partition coefficient (Wildman–Crippen LogP) is 1.74. The normalized spacial score (nSPS) is 21.3. The summed E-state index contributed by atoms with van der Waals surface area (Å²) < 4.78 is 0. The van der Waals surface area contributed by atoms with Crippen LogP contribution in [0.1, 0.15) is 116 Å². The molecule has 0 aromatic rings. The van der Waals surface area contributed by atoms with E-state index in [-0.39, 0.29) is 37.5 Å². The predicted molar refractivity (Wildman–Crippen MR) is 114 cm³/mol. The van der Waals surface area contributed by atoms with E-state index in [0.29, 0.717) is 0 Å². The van der Waals surface area contributed by atoms with Crippen molar-refractivity contribution in [3.63, 3.8) is 0 Å². The Bertz CT molecular complexity index is 415. The Morgan fingerprint density at radius 3 is 0.677 bits per heavy atom. The molecule has 0 unspecified atom stereocenters. The summed E-state index contributed by atoms with van der Waals surface area (Å²) in [4.78, 5) is 31.2. The van der Waals surface area contributed by atoms with E-state index in [1.54, 1.807) is 0 Å². The molecule has 3 aliphatic carbocycles. The SMILES string of the molecule is O=C([O-])C1CCCCCC1.O=C([O-])C1CCCCCC1.O=C([O-])C1CCCCCC1.[Ga+3]. The number of carboxylic acid groups (broad SMARTS) is 3. The summed E-state index contributed by atoms with van der Waals surface area (Å²) in [6, 6.07) is 0. The van der Waals surface area contributed by atoms with Crippen molar-refractivity contribution in [1.82, 2.24) is 0 Å². The minimum atomic E-state index is -0.845. The Morgan fingerprint density at radius 2 is 0.548 bits per heavy atom. The molecule has 0 amide bonds. The standard InChI is InChI=1S/3C8H14O2.Ga/c3*9-8(10)7-5-3-1-2-4-6-7;/h3*7H,1-6H2,(H,9,10);/q;;;+3/p-3. The van der Waals surface area contributed by atoms with Gasteiger partial charge in [-0.3, -0.25) is 0 Å². The summed E-state index contributed by atoms with van der Waals surface area (Å²) in [5.74, 6) is -2.99. The van der Waals surface area contributed by atoms with Crippen LogP contribution in [0.3, 0.4) is 0 Å². The van der Waals surface area contributed by atoms with Crippen LogP contribution in [0.2, 0.25) is 0 Å². The Hall–Kier alpha value is -0.954. The molecule has 174 valence electrons. The minimum absolute atomic E-state index is 0. The molecule has 3 rings (SSSR count). The number of hydrogen-bond acceptors (Lipinski definition) is 6. The van der Waals surface area contributed by atoms with Gasteiger partial charge in [-0.2, -0.15) is 0 Å². The van der Waals surface area contributed by atoms with E-state index in [0.717, 1.165) is 77.0 Å². The Balaban J connectivity index is 0.000000429. The molecule has 7 heteroatoms. The van der Waals surface area contributed by atoms with Crippen LogP contribution >= 0.6 is 0 Å². The largest absolute Gasteiger partial charge is 3.00 e. The summed E-state index contributed by atoms with van der Waals surface area (Å²) in [6.45, 7) is 0. The average molecular weight is 493 g/mol. The summed E-state index contributed by atoms with van der Waals surface area (Å²) >= 11 is 0. The molecule has 0 aliphatic heterocycles. The number of carboxylic acids is 3. The fraction of sp³-hybridized carbons (Fsp3) is 0.875. The van der Waals surface area contributed by atoms with Crippen LogP contribution in [0.25, 0.3) is 0 Å². The van der Waals surface area contributed by atoms with E-state index >= 15 is 0 Å². The van der Waals surface area contributed by atoms with Crippen molar-refractivity contribution in [2.24, 2.45) is 17.8 Å². The quantitative estimate of drug-likeness (QED) is 0.437. The zero-order valence-corrected chi connectivity index (χ0v) is 21.4. The van der Waals surface area contributed by atoms with Gasteiger partial charge in [0.05, 0.1) is 0 Å². The summed E-state index contributed by atoms with van der Waals surface area (Å²) in [5, 5.41) is 31.2. The third-order valence-corrected chi connectivity index (χ3v) is 6.57. The molecule has 3 aliphatic rings. The van der Waals surface area contributed by atoms with Gasteiger partial charge in [-0.15, -0.1) is 0 Å². The van der Waals surface area contributed by atoms with Gasteiger partial charge < -0.3 is 29.7 Å². The first kappa shape index (κ1) is 30.0. The third kappa shape index (κ3) is 14.7. The zero-order chi connectivity index (χ0) is 22.2. The maximum atomic E-state index is 10.4. The molecule has 0 bridgehead atoms. The fourth-order valence-corrected chi connectivity index (χ4v) is 4.55. The van der Waals surface area contributed by atoms with Gasteiger partial charge in [0.1, 0.15) is 0 Å². The molecular weight excluding hydrogens is 454 g/mol. The Morgan fingerprint density at radius 1 is 0.387 bits per heavy atom. The van der Waals surface area contributed by atoms with Crippen molar-refractivity contribution in [2.75, 3.05) is 0 Å². The number of hydrogen-bond donors (Lipinski definition) is 0. The minimum Gasteiger partial charge on any atom is -0.550 e. The van der Waals surface area contributed by atoms with Crippen molar-refractivity contribution in [3.05, 3.63) is 0 Å². The molecule has 0 saturated heterocycles. The smallest absolute Gasteiger partial charge is 0.550 e. The molecule has 0 radical (unpaired) electrons. The van der Waals surface area contributed by atoms with E-state index in [4.69, 9.17) is 0 Å². The molecule has 3 fully saturated rings. The van der Waals surface area contributed by atoms with Crippen LogP contribution in [-0.2, 0) is 14.4 Å². The van der Waals surface area contributed by atoms with E-state index in [9.17, 15) is 29.7 Å². The Labute approximate surface area is 200 Å². The summed E-state index contributed by atoms with van der Waals surface area (Å²) in [7, 11) is 0. The molecule has 0 spiro atoms. The Kier molecular flexibility index (Phi) is 18.0. The van der Waals surface area contributed by atoms with E-state index in [2.05, 4.69) is 0 Å². The zero-order valence-electron chi connectivity index (χ0n) is 19.0. The van der Waals surface area contributed by atoms with E-state index in [1.165, 1.54) is 38.5 Å². The van der Waals surface area contributed by atoms with Gasteiger partial charge in [-0.1, -0.05) is 77.0 Å². The second-order valence-corrected chi connectivity index (χ2v) is 9.02. The number of carbonyl (C=O) groups is 3. The monoisotopic (exact) mass is 492 g/mol. The number of rotatable bonds is 3. The van der Waals surface area contributed by atoms with Gasteiger partial charge in [0.25, 0.3) is 0 Å². The topological polar surface area (TPSA) is 120 Å². The first-order valence-electron chi connectivity index (χ1n) is 12.0. The van der Waals surface area contributed by atoms with Crippen molar-refractivity contribution in [2.45, 2.75) is 116 Å². The van der Waals surface area contributed by atoms with Crippen molar-refractivity contribution < 1.29 is 29.7 Å². The van der Waals surface area contributed by atoms with E-state index < -0.39 is 17.9 Å². The van der Waals surface area contributed by atoms with Crippen molar-refractivity contribution in [3.8, 4) is 0 Å². The molecule has 6 nitrogen and oxygen atoms in total. The maximum absolute atomic E-state index is 10.4. The maximum Gasteiger partial charge on any atom is 3.00 e. The molecule has 0 aromatic carbocycles. The van der Waals surface area contributed by atoms with Crippen molar-refractivity contribution >= 4 is 37.7 Å². The van der Waals surface area contributed by atoms with Gasteiger partial charge in [-0.25, -0.2) is 0 Å². The van der Waals surface area contributed by atoms with Crippen LogP contribution in [0.5, 0.6) is 0 Å². The summed E-state index contributed by atoms with van der Waals surface area (Å²) in [5.41, 5.74) is 0. The first-order chi connectivity index (χ1) is 14.4. The molecule has 3 saturated carbocycles. The van der Waals surface area contributed by atoms with Gasteiger partial charge in [-0.05, 0) is 56.3 Å². The first-order valence-corrected chi connectivity index (χ1v) is 12.0. The molecule has 0 heterocycles. The van der Waals surface area contributed by atoms with Crippen LogP contribution in [0.4, 0.5) is 0 Å². The van der Waals surface area contributed by atoms with Crippen LogP contribution < -0.4 is 15.3 Å². The van der Waals surface area contributed by atoms with Crippen LogP contribution in [0, 0.1) is 17.8 Å². The molecule has 0 aromatic heterocycles. The van der Waals surface area contributed by atoms with Gasteiger partial charge in [0.15, 0.2) is 0 Å².